The average molecular weight is 284 g/mol. The number of hydrogen-bond donors (Lipinski definition) is 2. The summed E-state index contributed by atoms with van der Waals surface area (Å²) in [6.45, 7) is 7.20. The van der Waals surface area contributed by atoms with Crippen LogP contribution >= 0.6 is 23.1 Å². The normalized spacial score (nSPS) is 21.6. The summed E-state index contributed by atoms with van der Waals surface area (Å²) >= 11 is 3.63. The zero-order valence-corrected chi connectivity index (χ0v) is 12.7. The quantitative estimate of drug-likeness (QED) is 0.894. The van der Waals surface area contributed by atoms with Gasteiger partial charge in [-0.1, -0.05) is 0 Å². The molecule has 0 aromatic carbocycles. The van der Waals surface area contributed by atoms with Gasteiger partial charge in [-0.2, -0.15) is 11.8 Å². The summed E-state index contributed by atoms with van der Waals surface area (Å²) in [4.78, 5) is 14.7. The lowest BCUT2D eigenvalue weighted by molar-refractivity contribution is -0.123. The van der Waals surface area contributed by atoms with E-state index in [2.05, 4.69) is 37.5 Å². The van der Waals surface area contributed by atoms with Gasteiger partial charge in [-0.25, -0.2) is 0 Å². The second kappa shape index (κ2) is 6.08. The Balaban J connectivity index is 1.96. The van der Waals surface area contributed by atoms with Gasteiger partial charge in [0.05, 0.1) is 12.1 Å². The molecule has 5 heteroatoms. The van der Waals surface area contributed by atoms with E-state index in [-0.39, 0.29) is 18.0 Å². The number of hydrogen-bond acceptors (Lipinski definition) is 4. The lowest BCUT2D eigenvalue weighted by Crippen LogP contribution is -2.49. The molecule has 2 heterocycles. The van der Waals surface area contributed by atoms with Crippen LogP contribution in [0.2, 0.25) is 0 Å². The van der Waals surface area contributed by atoms with Gasteiger partial charge in [-0.05, 0) is 32.4 Å². The number of carbonyl (C=O) groups is 1. The molecule has 0 spiro atoms. The van der Waals surface area contributed by atoms with E-state index in [1.807, 2.05) is 11.8 Å². The first-order valence-electron chi connectivity index (χ1n) is 6.26. The SMILES string of the molecule is Cc1cc(C(C)NC(=O)C2CSCCN2)c(C)s1. The van der Waals surface area contributed by atoms with Crippen molar-refractivity contribution in [1.82, 2.24) is 10.6 Å². The molecule has 18 heavy (non-hydrogen) atoms. The summed E-state index contributed by atoms with van der Waals surface area (Å²) in [5.41, 5.74) is 1.24. The fourth-order valence-electron chi connectivity index (χ4n) is 2.21. The van der Waals surface area contributed by atoms with E-state index in [9.17, 15) is 4.79 Å². The van der Waals surface area contributed by atoms with Gasteiger partial charge in [0.15, 0.2) is 0 Å². The molecular weight excluding hydrogens is 264 g/mol. The van der Waals surface area contributed by atoms with E-state index in [1.165, 1.54) is 15.3 Å². The highest BCUT2D eigenvalue weighted by atomic mass is 32.2. The van der Waals surface area contributed by atoms with Crippen molar-refractivity contribution < 1.29 is 4.79 Å². The Bertz CT molecular complexity index is 425. The van der Waals surface area contributed by atoms with E-state index in [0.717, 1.165) is 18.1 Å². The van der Waals surface area contributed by atoms with Crippen molar-refractivity contribution in [2.24, 2.45) is 0 Å². The molecule has 0 radical (unpaired) electrons. The van der Waals surface area contributed by atoms with Gasteiger partial charge in [0.25, 0.3) is 0 Å². The minimum absolute atomic E-state index is 0.0359. The summed E-state index contributed by atoms with van der Waals surface area (Å²) in [6, 6.07) is 2.23. The molecule has 3 nitrogen and oxygen atoms in total. The molecule has 2 atom stereocenters. The molecule has 1 aromatic rings. The molecule has 2 rings (SSSR count). The second-order valence-corrected chi connectivity index (χ2v) is 7.29. The van der Waals surface area contributed by atoms with E-state index in [0.29, 0.717) is 0 Å². The molecule has 1 aliphatic heterocycles. The first-order chi connectivity index (χ1) is 8.58. The lowest BCUT2D eigenvalue weighted by Gasteiger charge is -2.24. The molecule has 2 N–H and O–H groups in total. The maximum Gasteiger partial charge on any atom is 0.238 e. The topological polar surface area (TPSA) is 41.1 Å². The highest BCUT2D eigenvalue weighted by Crippen LogP contribution is 2.26. The molecule has 0 saturated carbocycles. The Morgan fingerprint density at radius 2 is 2.33 bits per heavy atom. The Kier molecular flexibility index (Phi) is 4.70. The zero-order chi connectivity index (χ0) is 13.1. The smallest absolute Gasteiger partial charge is 0.238 e. The molecule has 1 amide bonds. The molecule has 1 aromatic heterocycles. The third-order valence-electron chi connectivity index (χ3n) is 3.14. The summed E-state index contributed by atoms with van der Waals surface area (Å²) < 4.78 is 0. The van der Waals surface area contributed by atoms with Crippen molar-refractivity contribution in [3.05, 3.63) is 21.4 Å². The maximum atomic E-state index is 12.1. The maximum absolute atomic E-state index is 12.1. The highest BCUT2D eigenvalue weighted by molar-refractivity contribution is 7.99. The first-order valence-corrected chi connectivity index (χ1v) is 8.23. The summed E-state index contributed by atoms with van der Waals surface area (Å²) in [6.07, 6.45) is 0. The van der Waals surface area contributed by atoms with Crippen LogP contribution in [0.25, 0.3) is 0 Å². The Hall–Kier alpha value is -0.520. The van der Waals surface area contributed by atoms with Crippen LogP contribution in [0.1, 0.15) is 28.3 Å². The van der Waals surface area contributed by atoms with Gasteiger partial charge in [-0.3, -0.25) is 4.79 Å². The van der Waals surface area contributed by atoms with Crippen LogP contribution in [0.5, 0.6) is 0 Å². The largest absolute Gasteiger partial charge is 0.348 e. The van der Waals surface area contributed by atoms with Crippen LogP contribution in [0.15, 0.2) is 6.07 Å². The molecule has 0 bridgehead atoms. The monoisotopic (exact) mass is 284 g/mol. The van der Waals surface area contributed by atoms with E-state index >= 15 is 0 Å². The Labute approximate surface area is 117 Å². The summed E-state index contributed by atoms with van der Waals surface area (Å²) in [5.74, 6) is 2.10. The molecule has 2 unspecified atom stereocenters. The molecule has 1 fully saturated rings. The molecular formula is C13H20N2OS2. The number of carbonyl (C=O) groups excluding carboxylic acids is 1. The molecule has 0 aliphatic carbocycles. The zero-order valence-electron chi connectivity index (χ0n) is 11.1. The molecule has 1 aliphatic rings. The van der Waals surface area contributed by atoms with Crippen molar-refractivity contribution in [3.8, 4) is 0 Å². The van der Waals surface area contributed by atoms with E-state index in [1.54, 1.807) is 11.3 Å². The van der Waals surface area contributed by atoms with Crippen LogP contribution in [0, 0.1) is 13.8 Å². The number of thiophene rings is 1. The molecule has 1 saturated heterocycles. The van der Waals surface area contributed by atoms with Gasteiger partial charge >= 0.3 is 0 Å². The third kappa shape index (κ3) is 3.28. The average Bonchev–Trinajstić information content (AvgIpc) is 2.69. The van der Waals surface area contributed by atoms with Crippen molar-refractivity contribution in [2.75, 3.05) is 18.1 Å². The Morgan fingerprint density at radius 1 is 1.56 bits per heavy atom. The minimum atomic E-state index is -0.0359. The van der Waals surface area contributed by atoms with Gasteiger partial charge < -0.3 is 10.6 Å². The number of thioether (sulfide) groups is 1. The van der Waals surface area contributed by atoms with Crippen LogP contribution in [-0.2, 0) is 4.79 Å². The number of amides is 1. The summed E-state index contributed by atoms with van der Waals surface area (Å²) in [7, 11) is 0. The predicted octanol–water partition coefficient (Wildman–Crippen LogP) is 2.25. The predicted molar refractivity (Wildman–Crippen MR) is 79.5 cm³/mol. The van der Waals surface area contributed by atoms with Gasteiger partial charge in [-0.15, -0.1) is 11.3 Å². The van der Waals surface area contributed by atoms with Gasteiger partial charge in [0.2, 0.25) is 5.91 Å². The van der Waals surface area contributed by atoms with Gasteiger partial charge in [0.1, 0.15) is 0 Å². The van der Waals surface area contributed by atoms with Gasteiger partial charge in [0, 0.05) is 27.8 Å². The lowest BCUT2D eigenvalue weighted by atomic mass is 10.1. The second-order valence-electron chi connectivity index (χ2n) is 4.68. The van der Waals surface area contributed by atoms with Crippen LogP contribution in [0.3, 0.4) is 0 Å². The van der Waals surface area contributed by atoms with Crippen molar-refractivity contribution >= 4 is 29.0 Å². The summed E-state index contributed by atoms with van der Waals surface area (Å²) in [5, 5.41) is 6.38. The fourth-order valence-corrected chi connectivity index (χ4v) is 4.16. The minimum Gasteiger partial charge on any atom is -0.348 e. The first kappa shape index (κ1) is 13.9. The standard InChI is InChI=1S/C13H20N2OS2/c1-8-6-11(10(3)18-8)9(2)15-13(16)12-7-17-5-4-14-12/h6,9,12,14H,4-5,7H2,1-3H3,(H,15,16). The van der Waals surface area contributed by atoms with Crippen molar-refractivity contribution in [1.29, 1.82) is 0 Å². The van der Waals surface area contributed by atoms with Crippen LogP contribution < -0.4 is 10.6 Å². The van der Waals surface area contributed by atoms with Crippen LogP contribution in [0.4, 0.5) is 0 Å². The number of aryl methyl sites for hydroxylation is 2. The number of nitrogens with one attached hydrogen (secondary N) is 2. The Morgan fingerprint density at radius 3 is 2.89 bits per heavy atom. The van der Waals surface area contributed by atoms with Crippen molar-refractivity contribution in [2.45, 2.75) is 32.9 Å². The van der Waals surface area contributed by atoms with Crippen molar-refractivity contribution in [3.63, 3.8) is 0 Å². The van der Waals surface area contributed by atoms with Crippen LogP contribution in [-0.4, -0.2) is 30.0 Å². The van der Waals surface area contributed by atoms with E-state index in [4.69, 9.17) is 0 Å². The highest BCUT2D eigenvalue weighted by Gasteiger charge is 2.23. The number of rotatable bonds is 3. The van der Waals surface area contributed by atoms with E-state index < -0.39 is 0 Å². The third-order valence-corrected chi connectivity index (χ3v) is 5.19. The molecule has 100 valence electrons. The fraction of sp³-hybridized carbons (Fsp3) is 0.615.